The lowest BCUT2D eigenvalue weighted by Gasteiger charge is -2.10. The summed E-state index contributed by atoms with van der Waals surface area (Å²) in [5.74, 6) is 1.31. The van der Waals surface area contributed by atoms with Gasteiger partial charge in [-0.25, -0.2) is 4.98 Å². The molecule has 0 amide bonds. The molecule has 0 unspecified atom stereocenters. The van der Waals surface area contributed by atoms with Gasteiger partial charge >= 0.3 is 0 Å². The largest absolute Gasteiger partial charge is 0.340 e. The van der Waals surface area contributed by atoms with Gasteiger partial charge in [0, 0.05) is 34.7 Å². The lowest BCUT2D eigenvalue weighted by molar-refractivity contribution is 1.11. The number of rotatable bonds is 4. The fourth-order valence-corrected chi connectivity index (χ4v) is 2.64. The van der Waals surface area contributed by atoms with Gasteiger partial charge in [-0.15, -0.1) is 0 Å². The Bertz CT molecular complexity index is 1010. The molecule has 4 aromatic rings. The van der Waals surface area contributed by atoms with Gasteiger partial charge < -0.3 is 10.6 Å². The van der Waals surface area contributed by atoms with E-state index >= 15 is 0 Å². The van der Waals surface area contributed by atoms with Gasteiger partial charge in [0.15, 0.2) is 0 Å². The standard InChI is InChI=1S/C20H17N5/c1-14-12-19(23-16-7-3-2-4-8-16)25-20(22-14)24-17-9-10-18-15(13-17)6-5-11-21-18/h2-13H,1H3,(H2,22,23,24,25). The lowest BCUT2D eigenvalue weighted by atomic mass is 10.2. The summed E-state index contributed by atoms with van der Waals surface area (Å²) in [6.07, 6.45) is 1.79. The zero-order valence-corrected chi connectivity index (χ0v) is 13.8. The average Bonchev–Trinajstić information content (AvgIpc) is 2.62. The summed E-state index contributed by atoms with van der Waals surface area (Å²) in [4.78, 5) is 13.4. The van der Waals surface area contributed by atoms with Crippen molar-refractivity contribution in [2.24, 2.45) is 0 Å². The van der Waals surface area contributed by atoms with Crippen LogP contribution < -0.4 is 10.6 Å². The lowest BCUT2D eigenvalue weighted by Crippen LogP contribution is -2.02. The van der Waals surface area contributed by atoms with E-state index < -0.39 is 0 Å². The summed E-state index contributed by atoms with van der Waals surface area (Å²) >= 11 is 0. The van der Waals surface area contributed by atoms with Crippen LogP contribution in [-0.2, 0) is 0 Å². The minimum absolute atomic E-state index is 0.557. The molecule has 2 aromatic carbocycles. The molecule has 2 N–H and O–H groups in total. The molecule has 5 heteroatoms. The number of hydrogen-bond donors (Lipinski definition) is 2. The third-order valence-corrected chi connectivity index (χ3v) is 3.76. The Morgan fingerprint density at radius 1 is 0.760 bits per heavy atom. The zero-order valence-electron chi connectivity index (χ0n) is 13.8. The van der Waals surface area contributed by atoms with Crippen molar-refractivity contribution in [3.63, 3.8) is 0 Å². The highest BCUT2D eigenvalue weighted by molar-refractivity contribution is 5.82. The number of hydrogen-bond acceptors (Lipinski definition) is 5. The van der Waals surface area contributed by atoms with E-state index in [0.717, 1.165) is 33.8 Å². The number of benzene rings is 2. The molecule has 0 atom stereocenters. The predicted octanol–water partition coefficient (Wildman–Crippen LogP) is 4.82. The number of fused-ring (bicyclic) bond motifs is 1. The van der Waals surface area contributed by atoms with Crippen LogP contribution >= 0.6 is 0 Å². The number of pyridine rings is 1. The Morgan fingerprint density at radius 2 is 1.64 bits per heavy atom. The van der Waals surface area contributed by atoms with E-state index in [1.165, 1.54) is 0 Å². The van der Waals surface area contributed by atoms with Crippen LogP contribution in [-0.4, -0.2) is 15.0 Å². The Morgan fingerprint density at radius 3 is 2.52 bits per heavy atom. The fraction of sp³-hybridized carbons (Fsp3) is 0.0500. The quantitative estimate of drug-likeness (QED) is 0.562. The molecule has 4 rings (SSSR count). The molecule has 2 heterocycles. The molecule has 0 fully saturated rings. The first-order valence-electron chi connectivity index (χ1n) is 8.06. The van der Waals surface area contributed by atoms with E-state index in [1.807, 2.05) is 73.7 Å². The molecule has 0 bridgehead atoms. The monoisotopic (exact) mass is 327 g/mol. The van der Waals surface area contributed by atoms with Crippen molar-refractivity contribution in [3.8, 4) is 0 Å². The van der Waals surface area contributed by atoms with Gasteiger partial charge in [-0.3, -0.25) is 4.98 Å². The summed E-state index contributed by atoms with van der Waals surface area (Å²) < 4.78 is 0. The van der Waals surface area contributed by atoms with Crippen LogP contribution in [0, 0.1) is 6.92 Å². The van der Waals surface area contributed by atoms with Gasteiger partial charge in [0.05, 0.1) is 5.52 Å². The van der Waals surface area contributed by atoms with E-state index in [0.29, 0.717) is 5.95 Å². The van der Waals surface area contributed by atoms with Crippen LogP contribution in [0.2, 0.25) is 0 Å². The normalized spacial score (nSPS) is 10.6. The van der Waals surface area contributed by atoms with Gasteiger partial charge in [0.2, 0.25) is 5.95 Å². The Kier molecular flexibility index (Phi) is 3.96. The van der Waals surface area contributed by atoms with Crippen LogP contribution in [0.25, 0.3) is 10.9 Å². The first-order chi connectivity index (χ1) is 12.3. The van der Waals surface area contributed by atoms with Gasteiger partial charge in [0.25, 0.3) is 0 Å². The van der Waals surface area contributed by atoms with Crippen LogP contribution in [0.15, 0.2) is 72.9 Å². The molecule has 5 nitrogen and oxygen atoms in total. The third-order valence-electron chi connectivity index (χ3n) is 3.76. The summed E-state index contributed by atoms with van der Waals surface area (Å²) in [5, 5.41) is 7.64. The second kappa shape index (κ2) is 6.57. The summed E-state index contributed by atoms with van der Waals surface area (Å²) in [6, 6.07) is 21.8. The number of anilines is 4. The molecular weight excluding hydrogens is 310 g/mol. The maximum Gasteiger partial charge on any atom is 0.229 e. The molecule has 0 saturated heterocycles. The minimum atomic E-state index is 0.557. The van der Waals surface area contributed by atoms with E-state index in [9.17, 15) is 0 Å². The van der Waals surface area contributed by atoms with Crippen molar-refractivity contribution in [1.82, 2.24) is 15.0 Å². The van der Waals surface area contributed by atoms with Crippen LogP contribution in [0.3, 0.4) is 0 Å². The van der Waals surface area contributed by atoms with Crippen molar-refractivity contribution in [2.45, 2.75) is 6.92 Å². The molecule has 0 aliphatic rings. The topological polar surface area (TPSA) is 62.7 Å². The second-order valence-corrected chi connectivity index (χ2v) is 5.75. The number of aryl methyl sites for hydroxylation is 1. The summed E-state index contributed by atoms with van der Waals surface area (Å²) in [7, 11) is 0. The smallest absolute Gasteiger partial charge is 0.229 e. The fourth-order valence-electron chi connectivity index (χ4n) is 2.64. The van der Waals surface area contributed by atoms with Crippen LogP contribution in [0.4, 0.5) is 23.1 Å². The summed E-state index contributed by atoms with van der Waals surface area (Å²) in [6.45, 7) is 1.95. The maximum atomic E-state index is 4.56. The van der Waals surface area contributed by atoms with E-state index in [4.69, 9.17) is 0 Å². The van der Waals surface area contributed by atoms with Crippen molar-refractivity contribution < 1.29 is 0 Å². The zero-order chi connectivity index (χ0) is 17.1. The molecule has 0 aliphatic carbocycles. The molecule has 0 saturated carbocycles. The molecule has 25 heavy (non-hydrogen) atoms. The number of aromatic nitrogens is 3. The molecular formula is C20H17N5. The molecule has 0 radical (unpaired) electrons. The Hall–Kier alpha value is -3.47. The highest BCUT2D eigenvalue weighted by Crippen LogP contribution is 2.21. The van der Waals surface area contributed by atoms with E-state index in [2.05, 4.69) is 25.6 Å². The van der Waals surface area contributed by atoms with Crippen LogP contribution in [0.1, 0.15) is 5.69 Å². The third kappa shape index (κ3) is 3.55. The first-order valence-corrected chi connectivity index (χ1v) is 8.06. The van der Waals surface area contributed by atoms with Crippen molar-refractivity contribution in [2.75, 3.05) is 10.6 Å². The molecule has 0 spiro atoms. The van der Waals surface area contributed by atoms with Gasteiger partial charge in [-0.1, -0.05) is 24.3 Å². The SMILES string of the molecule is Cc1cc(Nc2ccccc2)nc(Nc2ccc3ncccc3c2)n1. The highest BCUT2D eigenvalue weighted by atomic mass is 15.1. The van der Waals surface area contributed by atoms with Crippen molar-refractivity contribution in [3.05, 3.63) is 78.6 Å². The Balaban J connectivity index is 1.61. The molecule has 2 aromatic heterocycles. The van der Waals surface area contributed by atoms with Crippen LogP contribution in [0.5, 0.6) is 0 Å². The molecule has 0 aliphatic heterocycles. The van der Waals surface area contributed by atoms with Gasteiger partial charge in [-0.05, 0) is 43.3 Å². The van der Waals surface area contributed by atoms with Crippen molar-refractivity contribution >= 4 is 34.0 Å². The number of nitrogens with zero attached hydrogens (tertiary/aromatic N) is 3. The maximum absolute atomic E-state index is 4.56. The Labute approximate surface area is 145 Å². The second-order valence-electron chi connectivity index (χ2n) is 5.75. The van der Waals surface area contributed by atoms with Gasteiger partial charge in [-0.2, -0.15) is 4.98 Å². The summed E-state index contributed by atoms with van der Waals surface area (Å²) in [5.41, 5.74) is 3.77. The molecule has 122 valence electrons. The number of para-hydroxylation sites is 1. The first kappa shape index (κ1) is 15.1. The van der Waals surface area contributed by atoms with E-state index in [1.54, 1.807) is 6.20 Å². The van der Waals surface area contributed by atoms with Gasteiger partial charge in [0.1, 0.15) is 5.82 Å². The average molecular weight is 327 g/mol. The predicted molar refractivity (Wildman–Crippen MR) is 102 cm³/mol. The minimum Gasteiger partial charge on any atom is -0.340 e. The highest BCUT2D eigenvalue weighted by Gasteiger charge is 2.04. The van der Waals surface area contributed by atoms with Crippen molar-refractivity contribution in [1.29, 1.82) is 0 Å². The number of nitrogens with one attached hydrogen (secondary N) is 2. The van der Waals surface area contributed by atoms with E-state index in [-0.39, 0.29) is 0 Å².